The van der Waals surface area contributed by atoms with Crippen LogP contribution in [0.2, 0.25) is 0 Å². The van der Waals surface area contributed by atoms with Crippen molar-refractivity contribution in [3.8, 4) is 0 Å². The monoisotopic (exact) mass is 170 g/mol. The minimum atomic E-state index is -0.0527. The van der Waals surface area contributed by atoms with Crippen molar-refractivity contribution in [3.63, 3.8) is 0 Å². The lowest BCUT2D eigenvalue weighted by molar-refractivity contribution is -0.360. The standard InChI is InChI=1S/C9H14O3/c1-2-5-9(4-1)7-3-6-10-8(7)11-12-9/h7-8H,1-6H2/t7-,8-/m1/s1. The first-order chi connectivity index (χ1) is 5.91. The minimum absolute atomic E-state index is 0.0428. The Bertz CT molecular complexity index is 186. The van der Waals surface area contributed by atoms with Gasteiger partial charge >= 0.3 is 0 Å². The zero-order chi connectivity index (χ0) is 8.02. The van der Waals surface area contributed by atoms with Crippen LogP contribution in [0.1, 0.15) is 32.1 Å². The van der Waals surface area contributed by atoms with Crippen LogP contribution in [-0.4, -0.2) is 18.5 Å². The Labute approximate surface area is 71.9 Å². The molecule has 0 N–H and O–H groups in total. The van der Waals surface area contributed by atoms with Crippen molar-refractivity contribution < 1.29 is 14.5 Å². The highest BCUT2D eigenvalue weighted by molar-refractivity contribution is 4.97. The second-order valence-electron chi connectivity index (χ2n) is 4.09. The summed E-state index contributed by atoms with van der Waals surface area (Å²) in [7, 11) is 0. The lowest BCUT2D eigenvalue weighted by Crippen LogP contribution is -2.33. The van der Waals surface area contributed by atoms with Gasteiger partial charge in [-0.15, -0.1) is 0 Å². The normalized spacial score (nSPS) is 44.0. The van der Waals surface area contributed by atoms with Gasteiger partial charge in [-0.2, -0.15) is 0 Å². The Morgan fingerprint density at radius 2 is 2.00 bits per heavy atom. The van der Waals surface area contributed by atoms with Crippen LogP contribution in [0.25, 0.3) is 0 Å². The molecule has 1 spiro atoms. The molecule has 2 heterocycles. The average molecular weight is 170 g/mol. The maximum atomic E-state index is 5.44. The Hall–Kier alpha value is -0.120. The van der Waals surface area contributed by atoms with Crippen molar-refractivity contribution in [2.45, 2.75) is 44.0 Å². The summed E-state index contributed by atoms with van der Waals surface area (Å²) in [6, 6.07) is 0. The molecular weight excluding hydrogens is 156 g/mol. The van der Waals surface area contributed by atoms with Crippen LogP contribution in [0.15, 0.2) is 0 Å². The van der Waals surface area contributed by atoms with Crippen LogP contribution < -0.4 is 0 Å². The van der Waals surface area contributed by atoms with Crippen LogP contribution >= 0.6 is 0 Å². The Morgan fingerprint density at radius 1 is 1.17 bits per heavy atom. The van der Waals surface area contributed by atoms with Crippen molar-refractivity contribution in [1.29, 1.82) is 0 Å². The number of hydrogen-bond donors (Lipinski definition) is 0. The zero-order valence-corrected chi connectivity index (χ0v) is 7.12. The number of rotatable bonds is 0. The molecule has 0 radical (unpaired) electrons. The average Bonchev–Trinajstić information content (AvgIpc) is 2.76. The smallest absolute Gasteiger partial charge is 0.196 e. The van der Waals surface area contributed by atoms with Crippen LogP contribution in [0.3, 0.4) is 0 Å². The molecule has 0 unspecified atom stereocenters. The molecule has 0 aromatic heterocycles. The predicted molar refractivity (Wildman–Crippen MR) is 41.2 cm³/mol. The van der Waals surface area contributed by atoms with Gasteiger partial charge in [0, 0.05) is 5.92 Å². The first-order valence-corrected chi connectivity index (χ1v) is 4.87. The molecule has 2 aliphatic heterocycles. The molecule has 68 valence electrons. The summed E-state index contributed by atoms with van der Waals surface area (Å²) >= 11 is 0. The van der Waals surface area contributed by atoms with E-state index >= 15 is 0 Å². The van der Waals surface area contributed by atoms with Gasteiger partial charge in [-0.3, -0.25) is 0 Å². The van der Waals surface area contributed by atoms with Gasteiger partial charge in [0.25, 0.3) is 0 Å². The first kappa shape index (κ1) is 7.30. The van der Waals surface area contributed by atoms with E-state index in [1.807, 2.05) is 0 Å². The third kappa shape index (κ3) is 0.817. The first-order valence-electron chi connectivity index (χ1n) is 4.87. The van der Waals surface area contributed by atoms with Gasteiger partial charge in [-0.1, -0.05) is 12.8 Å². The molecule has 3 rings (SSSR count). The Morgan fingerprint density at radius 3 is 2.83 bits per heavy atom. The lowest BCUT2D eigenvalue weighted by atomic mass is 9.85. The van der Waals surface area contributed by atoms with Gasteiger partial charge in [-0.25, -0.2) is 9.78 Å². The quantitative estimate of drug-likeness (QED) is 0.517. The summed E-state index contributed by atoms with van der Waals surface area (Å²) in [5, 5.41) is 0. The highest BCUT2D eigenvalue weighted by Gasteiger charge is 2.55. The van der Waals surface area contributed by atoms with E-state index in [1.54, 1.807) is 0 Å². The summed E-state index contributed by atoms with van der Waals surface area (Å²) in [6.45, 7) is 0.848. The molecule has 2 saturated heterocycles. The second kappa shape index (κ2) is 2.44. The van der Waals surface area contributed by atoms with E-state index in [1.165, 1.54) is 12.8 Å². The van der Waals surface area contributed by atoms with Gasteiger partial charge < -0.3 is 4.74 Å². The van der Waals surface area contributed by atoms with Crippen LogP contribution in [-0.2, 0) is 14.5 Å². The van der Waals surface area contributed by atoms with E-state index in [0.717, 1.165) is 25.9 Å². The molecule has 12 heavy (non-hydrogen) atoms. The van der Waals surface area contributed by atoms with E-state index in [9.17, 15) is 0 Å². The van der Waals surface area contributed by atoms with Crippen LogP contribution in [0, 0.1) is 5.92 Å². The highest BCUT2D eigenvalue weighted by atomic mass is 17.2. The molecule has 0 aromatic carbocycles. The molecule has 1 aliphatic carbocycles. The number of ether oxygens (including phenoxy) is 1. The molecule has 3 heteroatoms. The molecule has 0 amide bonds. The highest BCUT2D eigenvalue weighted by Crippen LogP contribution is 2.49. The zero-order valence-electron chi connectivity index (χ0n) is 7.12. The summed E-state index contributed by atoms with van der Waals surface area (Å²) in [5.41, 5.74) is 0.0428. The van der Waals surface area contributed by atoms with Crippen LogP contribution in [0.4, 0.5) is 0 Å². The van der Waals surface area contributed by atoms with Gasteiger partial charge in [0.1, 0.15) is 5.60 Å². The van der Waals surface area contributed by atoms with Crippen molar-refractivity contribution in [2.24, 2.45) is 5.92 Å². The van der Waals surface area contributed by atoms with E-state index in [0.29, 0.717) is 5.92 Å². The number of fused-ring (bicyclic) bond motifs is 2. The van der Waals surface area contributed by atoms with E-state index in [-0.39, 0.29) is 11.9 Å². The van der Waals surface area contributed by atoms with E-state index < -0.39 is 0 Å². The fraction of sp³-hybridized carbons (Fsp3) is 1.00. The van der Waals surface area contributed by atoms with Crippen molar-refractivity contribution in [3.05, 3.63) is 0 Å². The largest absolute Gasteiger partial charge is 0.349 e. The molecule has 0 aromatic rings. The maximum Gasteiger partial charge on any atom is 0.196 e. The molecule has 0 bridgehead atoms. The number of hydrogen-bond acceptors (Lipinski definition) is 3. The molecule has 2 atom stereocenters. The van der Waals surface area contributed by atoms with Gasteiger partial charge in [0.05, 0.1) is 6.61 Å². The maximum absolute atomic E-state index is 5.44. The molecule has 3 nitrogen and oxygen atoms in total. The van der Waals surface area contributed by atoms with E-state index in [2.05, 4.69) is 0 Å². The fourth-order valence-corrected chi connectivity index (χ4v) is 2.80. The summed E-state index contributed by atoms with van der Waals surface area (Å²) < 4.78 is 5.42. The Balaban J connectivity index is 1.86. The van der Waals surface area contributed by atoms with Gasteiger partial charge in [-0.05, 0) is 19.3 Å². The Kier molecular flexibility index (Phi) is 1.48. The second-order valence-corrected chi connectivity index (χ2v) is 4.09. The summed E-state index contributed by atoms with van der Waals surface area (Å²) in [4.78, 5) is 10.6. The summed E-state index contributed by atoms with van der Waals surface area (Å²) in [6.07, 6.45) is 5.96. The topological polar surface area (TPSA) is 27.7 Å². The van der Waals surface area contributed by atoms with Crippen molar-refractivity contribution >= 4 is 0 Å². The van der Waals surface area contributed by atoms with Gasteiger partial charge in [0.15, 0.2) is 6.29 Å². The van der Waals surface area contributed by atoms with Crippen LogP contribution in [0.5, 0.6) is 0 Å². The molecule has 3 aliphatic rings. The lowest BCUT2D eigenvalue weighted by Gasteiger charge is -2.24. The van der Waals surface area contributed by atoms with Crippen molar-refractivity contribution in [2.75, 3.05) is 6.61 Å². The molecule has 3 fully saturated rings. The molecule has 1 saturated carbocycles. The van der Waals surface area contributed by atoms with Gasteiger partial charge in [0.2, 0.25) is 0 Å². The fourth-order valence-electron chi connectivity index (χ4n) is 2.80. The minimum Gasteiger partial charge on any atom is -0.349 e. The van der Waals surface area contributed by atoms with Crippen molar-refractivity contribution in [1.82, 2.24) is 0 Å². The SMILES string of the molecule is C1CCC2(C1)OO[C@H]1OCC[C@H]12. The predicted octanol–water partition coefficient (Wildman–Crippen LogP) is 1.62. The summed E-state index contributed by atoms with van der Waals surface area (Å²) in [5.74, 6) is 0.514. The third-order valence-corrected chi connectivity index (χ3v) is 3.47. The third-order valence-electron chi connectivity index (χ3n) is 3.47. The molecular formula is C9H14O3. The van der Waals surface area contributed by atoms with E-state index in [4.69, 9.17) is 14.5 Å².